The Morgan fingerprint density at radius 2 is 1.70 bits per heavy atom. The van der Waals surface area contributed by atoms with E-state index in [-0.39, 0.29) is 6.04 Å². The van der Waals surface area contributed by atoms with Crippen LogP contribution in [-0.4, -0.2) is 9.55 Å². The summed E-state index contributed by atoms with van der Waals surface area (Å²) in [5.74, 6) is 0. The minimum Gasteiger partial charge on any atom is -0.330 e. The number of benzene rings is 2. The predicted molar refractivity (Wildman–Crippen MR) is 82.9 cm³/mol. The van der Waals surface area contributed by atoms with Gasteiger partial charge in [-0.3, -0.25) is 0 Å². The van der Waals surface area contributed by atoms with Crippen LogP contribution in [0.2, 0.25) is 5.02 Å². The van der Waals surface area contributed by atoms with E-state index in [1.54, 1.807) is 0 Å². The van der Waals surface area contributed by atoms with Gasteiger partial charge in [0.15, 0.2) is 0 Å². The fourth-order valence-corrected chi connectivity index (χ4v) is 2.35. The van der Waals surface area contributed by atoms with Gasteiger partial charge in [-0.25, -0.2) is 4.98 Å². The molecule has 0 aliphatic rings. The van der Waals surface area contributed by atoms with E-state index in [4.69, 9.17) is 11.6 Å². The molecular formula is C17H15ClN2. The van der Waals surface area contributed by atoms with Crippen LogP contribution in [0.4, 0.5) is 0 Å². The van der Waals surface area contributed by atoms with Crippen molar-refractivity contribution in [2.75, 3.05) is 0 Å². The number of nitrogens with zero attached hydrogens (tertiary/aromatic N) is 2. The zero-order valence-electron chi connectivity index (χ0n) is 11.2. The second-order valence-electron chi connectivity index (χ2n) is 4.80. The zero-order chi connectivity index (χ0) is 13.9. The summed E-state index contributed by atoms with van der Waals surface area (Å²) >= 11 is 5.93. The van der Waals surface area contributed by atoms with Crippen LogP contribution in [0.5, 0.6) is 0 Å². The Labute approximate surface area is 123 Å². The molecule has 100 valence electrons. The molecule has 0 N–H and O–H groups in total. The average Bonchev–Trinajstić information content (AvgIpc) is 2.98. The third-order valence-electron chi connectivity index (χ3n) is 3.47. The first-order valence-corrected chi connectivity index (χ1v) is 6.96. The minimum absolute atomic E-state index is 0.234. The smallest absolute Gasteiger partial charge is 0.0959 e. The molecule has 3 aromatic rings. The number of halogens is 1. The van der Waals surface area contributed by atoms with Gasteiger partial charge in [-0.1, -0.05) is 54.1 Å². The van der Waals surface area contributed by atoms with E-state index in [2.05, 4.69) is 46.9 Å². The summed E-state index contributed by atoms with van der Waals surface area (Å²) in [6.07, 6.45) is 3.95. The highest BCUT2D eigenvalue weighted by Gasteiger charge is 2.09. The second-order valence-corrected chi connectivity index (χ2v) is 5.24. The summed E-state index contributed by atoms with van der Waals surface area (Å²) in [5.41, 5.74) is 3.34. The molecule has 1 aromatic heterocycles. The lowest BCUT2D eigenvalue weighted by Gasteiger charge is -2.13. The highest BCUT2D eigenvalue weighted by atomic mass is 35.5. The van der Waals surface area contributed by atoms with Crippen molar-refractivity contribution >= 4 is 11.6 Å². The Hall–Kier alpha value is -2.06. The van der Waals surface area contributed by atoms with Gasteiger partial charge in [-0.2, -0.15) is 0 Å². The third-order valence-corrected chi connectivity index (χ3v) is 3.72. The maximum atomic E-state index is 5.93. The molecule has 1 heterocycles. The molecule has 0 saturated carbocycles. The summed E-state index contributed by atoms with van der Waals surface area (Å²) in [4.78, 5) is 4.49. The largest absolute Gasteiger partial charge is 0.330 e. The Morgan fingerprint density at radius 3 is 2.40 bits per heavy atom. The van der Waals surface area contributed by atoms with Crippen molar-refractivity contribution in [3.8, 4) is 11.3 Å². The van der Waals surface area contributed by atoms with Gasteiger partial charge in [0, 0.05) is 16.8 Å². The number of imidazole rings is 1. The van der Waals surface area contributed by atoms with Gasteiger partial charge >= 0.3 is 0 Å². The molecule has 3 heteroatoms. The highest BCUT2D eigenvalue weighted by molar-refractivity contribution is 6.30. The van der Waals surface area contributed by atoms with Crippen LogP contribution in [0, 0.1) is 0 Å². The van der Waals surface area contributed by atoms with Crippen LogP contribution in [-0.2, 0) is 0 Å². The summed E-state index contributed by atoms with van der Waals surface area (Å²) in [6, 6.07) is 18.4. The van der Waals surface area contributed by atoms with Gasteiger partial charge in [-0.05, 0) is 24.6 Å². The molecule has 0 fully saturated rings. The van der Waals surface area contributed by atoms with Crippen molar-refractivity contribution in [3.05, 3.63) is 77.7 Å². The van der Waals surface area contributed by atoms with E-state index in [1.165, 1.54) is 5.56 Å². The predicted octanol–water partition coefficient (Wildman–Crippen LogP) is 4.81. The van der Waals surface area contributed by atoms with Crippen molar-refractivity contribution in [1.82, 2.24) is 9.55 Å². The van der Waals surface area contributed by atoms with Gasteiger partial charge in [0.2, 0.25) is 0 Å². The highest BCUT2D eigenvalue weighted by Crippen LogP contribution is 2.23. The van der Waals surface area contributed by atoms with E-state index in [0.717, 1.165) is 16.3 Å². The van der Waals surface area contributed by atoms with Gasteiger partial charge in [-0.15, -0.1) is 0 Å². The maximum absolute atomic E-state index is 5.93. The number of aromatic nitrogens is 2. The molecule has 2 aromatic carbocycles. The standard InChI is InChI=1S/C17H15ClN2/c1-13(14-7-9-16(18)10-8-14)20-11-17(19-12-20)15-5-3-2-4-6-15/h2-13H,1H3/t13-/m0/s1. The molecule has 0 unspecified atom stereocenters. The van der Waals surface area contributed by atoms with Gasteiger partial charge in [0.1, 0.15) is 0 Å². The van der Waals surface area contributed by atoms with Crippen LogP contribution >= 0.6 is 11.6 Å². The zero-order valence-corrected chi connectivity index (χ0v) is 12.0. The molecular weight excluding hydrogens is 268 g/mol. The second kappa shape index (κ2) is 5.51. The normalized spacial score (nSPS) is 12.3. The molecule has 0 radical (unpaired) electrons. The quantitative estimate of drug-likeness (QED) is 0.674. The summed E-state index contributed by atoms with van der Waals surface area (Å²) in [6.45, 7) is 2.15. The molecule has 0 aliphatic carbocycles. The fraction of sp³-hybridized carbons (Fsp3) is 0.118. The van der Waals surface area contributed by atoms with Gasteiger partial charge in [0.05, 0.1) is 18.1 Å². The Balaban J connectivity index is 1.88. The molecule has 20 heavy (non-hydrogen) atoms. The molecule has 1 atom stereocenters. The molecule has 3 rings (SSSR count). The van der Waals surface area contributed by atoms with E-state index >= 15 is 0 Å². The molecule has 0 bridgehead atoms. The first kappa shape index (κ1) is 12.9. The van der Waals surface area contributed by atoms with Crippen molar-refractivity contribution in [2.24, 2.45) is 0 Å². The lowest BCUT2D eigenvalue weighted by molar-refractivity contribution is 0.638. The van der Waals surface area contributed by atoms with Crippen molar-refractivity contribution in [1.29, 1.82) is 0 Å². The van der Waals surface area contributed by atoms with Crippen molar-refractivity contribution in [3.63, 3.8) is 0 Å². The molecule has 0 spiro atoms. The summed E-state index contributed by atoms with van der Waals surface area (Å²) in [5, 5.41) is 0.761. The maximum Gasteiger partial charge on any atom is 0.0959 e. The molecule has 0 aliphatic heterocycles. The van der Waals surface area contributed by atoms with Crippen LogP contribution in [0.25, 0.3) is 11.3 Å². The molecule has 0 saturated heterocycles. The van der Waals surface area contributed by atoms with Crippen LogP contribution in [0.3, 0.4) is 0 Å². The fourth-order valence-electron chi connectivity index (χ4n) is 2.22. The summed E-state index contributed by atoms with van der Waals surface area (Å²) < 4.78 is 2.12. The van der Waals surface area contributed by atoms with Gasteiger partial charge in [0.25, 0.3) is 0 Å². The van der Waals surface area contributed by atoms with Gasteiger partial charge < -0.3 is 4.57 Å². The third kappa shape index (κ3) is 2.61. The first-order valence-electron chi connectivity index (χ1n) is 6.58. The average molecular weight is 283 g/mol. The number of rotatable bonds is 3. The lowest BCUT2D eigenvalue weighted by Crippen LogP contribution is -2.03. The number of hydrogen-bond donors (Lipinski definition) is 0. The summed E-state index contributed by atoms with van der Waals surface area (Å²) in [7, 11) is 0. The Bertz CT molecular complexity index is 687. The Kier molecular flexibility index (Phi) is 3.57. The topological polar surface area (TPSA) is 17.8 Å². The molecule has 2 nitrogen and oxygen atoms in total. The number of hydrogen-bond acceptors (Lipinski definition) is 1. The monoisotopic (exact) mass is 282 g/mol. The first-order chi connectivity index (χ1) is 9.74. The van der Waals surface area contributed by atoms with E-state index in [1.807, 2.05) is 36.7 Å². The van der Waals surface area contributed by atoms with Crippen LogP contribution < -0.4 is 0 Å². The molecule has 0 amide bonds. The van der Waals surface area contributed by atoms with Crippen molar-refractivity contribution < 1.29 is 0 Å². The minimum atomic E-state index is 0.234. The van der Waals surface area contributed by atoms with E-state index in [0.29, 0.717) is 0 Å². The van der Waals surface area contributed by atoms with E-state index in [9.17, 15) is 0 Å². The van der Waals surface area contributed by atoms with Crippen molar-refractivity contribution in [2.45, 2.75) is 13.0 Å². The lowest BCUT2D eigenvalue weighted by atomic mass is 10.1. The van der Waals surface area contributed by atoms with Crippen LogP contribution in [0.15, 0.2) is 67.1 Å². The SMILES string of the molecule is C[C@@H](c1ccc(Cl)cc1)n1cnc(-c2ccccc2)c1. The Morgan fingerprint density at radius 1 is 1.00 bits per heavy atom. The van der Waals surface area contributed by atoms with E-state index < -0.39 is 0 Å². The van der Waals surface area contributed by atoms with Crippen LogP contribution in [0.1, 0.15) is 18.5 Å².